The Labute approximate surface area is 250 Å². The maximum Gasteiger partial charge on any atom is 0.284 e. The van der Waals surface area contributed by atoms with E-state index in [9.17, 15) is 19.5 Å². The van der Waals surface area contributed by atoms with Gasteiger partial charge in [0, 0.05) is 38.1 Å². The lowest BCUT2D eigenvalue weighted by atomic mass is 10.1. The summed E-state index contributed by atoms with van der Waals surface area (Å²) in [6.07, 6.45) is 1.51. The highest BCUT2D eigenvalue weighted by Crippen LogP contribution is 2.36. The topological polar surface area (TPSA) is 119 Å². The van der Waals surface area contributed by atoms with Crippen molar-refractivity contribution >= 4 is 39.1 Å². The molecule has 0 saturated heterocycles. The third-order valence-corrected chi connectivity index (χ3v) is 7.69. The van der Waals surface area contributed by atoms with Crippen LogP contribution in [0.25, 0.3) is 15.9 Å². The molecule has 2 N–H and O–H groups in total. The predicted octanol–water partition coefficient (Wildman–Crippen LogP) is 5.21. The molecule has 3 heterocycles. The summed E-state index contributed by atoms with van der Waals surface area (Å²) in [6, 6.07) is 16.0. The minimum absolute atomic E-state index is 0.0498. The molecule has 0 radical (unpaired) electrons. The highest BCUT2D eigenvalue weighted by Gasteiger charge is 2.27. The van der Waals surface area contributed by atoms with Gasteiger partial charge in [-0.2, -0.15) is 0 Å². The predicted molar refractivity (Wildman–Crippen MR) is 163 cm³/mol. The second kappa shape index (κ2) is 11.5. The molecule has 0 atom stereocenters. The molecule has 12 heteroatoms. The third-order valence-electron chi connectivity index (χ3n) is 6.56. The number of para-hydroxylation sites is 1. The zero-order valence-corrected chi connectivity index (χ0v) is 25.0. The highest BCUT2D eigenvalue weighted by atomic mass is 32.1. The van der Waals surface area contributed by atoms with Gasteiger partial charge in [-0.05, 0) is 51.1 Å². The van der Waals surface area contributed by atoms with Gasteiger partial charge >= 0.3 is 0 Å². The SMILES string of the molecule is Cc1c(C(=O)Nc2ccc(Oc3ccnc4cc(C(=O)N(C)C)sc34)c(F)c2)c(=O)n(-c2ccccc2)n1CC(C)(C)O. The number of aromatic nitrogens is 3. The molecule has 0 aliphatic rings. The summed E-state index contributed by atoms with van der Waals surface area (Å²) in [5.41, 5.74) is -0.342. The molecule has 43 heavy (non-hydrogen) atoms. The Kier molecular flexibility index (Phi) is 7.91. The van der Waals surface area contributed by atoms with Gasteiger partial charge in [0.2, 0.25) is 0 Å². The lowest BCUT2D eigenvalue weighted by Gasteiger charge is -2.22. The second-order valence-electron chi connectivity index (χ2n) is 10.8. The number of anilines is 1. The zero-order chi connectivity index (χ0) is 31.1. The first-order valence-electron chi connectivity index (χ1n) is 13.3. The number of pyridine rings is 1. The summed E-state index contributed by atoms with van der Waals surface area (Å²) in [6.45, 7) is 4.89. The average Bonchev–Trinajstić information content (AvgIpc) is 3.48. The molecular weight excluding hydrogens is 573 g/mol. The van der Waals surface area contributed by atoms with Gasteiger partial charge in [-0.3, -0.25) is 24.0 Å². The fraction of sp³-hybridized carbons (Fsp3) is 0.226. The Morgan fingerprint density at radius 1 is 1.09 bits per heavy atom. The van der Waals surface area contributed by atoms with Crippen molar-refractivity contribution in [1.82, 2.24) is 19.2 Å². The van der Waals surface area contributed by atoms with Gasteiger partial charge in [-0.25, -0.2) is 9.07 Å². The summed E-state index contributed by atoms with van der Waals surface area (Å²) in [5, 5.41) is 13.1. The molecule has 3 aromatic heterocycles. The van der Waals surface area contributed by atoms with Crippen LogP contribution in [0.3, 0.4) is 0 Å². The summed E-state index contributed by atoms with van der Waals surface area (Å²) in [7, 11) is 3.30. The lowest BCUT2D eigenvalue weighted by molar-refractivity contribution is 0.0545. The maximum atomic E-state index is 15.2. The van der Waals surface area contributed by atoms with Crippen LogP contribution in [0.2, 0.25) is 0 Å². The fourth-order valence-corrected chi connectivity index (χ4v) is 5.67. The van der Waals surface area contributed by atoms with E-state index in [1.165, 1.54) is 39.2 Å². The van der Waals surface area contributed by atoms with Crippen molar-refractivity contribution in [1.29, 1.82) is 0 Å². The number of carbonyl (C=O) groups excluding carboxylic acids is 2. The van der Waals surface area contributed by atoms with Crippen LogP contribution in [0.5, 0.6) is 11.5 Å². The number of rotatable bonds is 8. The van der Waals surface area contributed by atoms with Gasteiger partial charge < -0.3 is 20.1 Å². The lowest BCUT2D eigenvalue weighted by Crippen LogP contribution is -2.32. The van der Waals surface area contributed by atoms with Crippen LogP contribution in [0.1, 0.15) is 39.6 Å². The number of fused-ring (bicyclic) bond motifs is 1. The van der Waals surface area contributed by atoms with E-state index < -0.39 is 22.9 Å². The Balaban J connectivity index is 1.42. The van der Waals surface area contributed by atoms with Gasteiger partial charge in [-0.1, -0.05) is 18.2 Å². The second-order valence-corrected chi connectivity index (χ2v) is 11.9. The van der Waals surface area contributed by atoms with E-state index in [0.717, 1.165) is 6.07 Å². The Morgan fingerprint density at radius 2 is 1.81 bits per heavy atom. The van der Waals surface area contributed by atoms with Crippen LogP contribution in [0, 0.1) is 12.7 Å². The average molecular weight is 604 g/mol. The standard InChI is InChI=1S/C31H30FN5O5S/c1-18-26(30(40)37(20-9-7-6-8-10-20)36(18)17-31(2,3)41)28(38)34-19-11-12-23(21(32)15-19)42-24-13-14-33-22-16-25(43-27(22)24)29(39)35(4)5/h6-16,41H,17H2,1-5H3,(H,34,38). The van der Waals surface area contributed by atoms with Crippen LogP contribution in [0.15, 0.2) is 71.7 Å². The number of benzene rings is 2. The van der Waals surface area contributed by atoms with Crippen LogP contribution >= 0.6 is 11.3 Å². The van der Waals surface area contributed by atoms with Gasteiger partial charge in [0.25, 0.3) is 17.4 Å². The zero-order valence-electron chi connectivity index (χ0n) is 24.2. The van der Waals surface area contributed by atoms with Gasteiger partial charge in [0.1, 0.15) is 11.3 Å². The van der Waals surface area contributed by atoms with Crippen LogP contribution in [0.4, 0.5) is 10.1 Å². The van der Waals surface area contributed by atoms with E-state index in [0.29, 0.717) is 32.2 Å². The number of amides is 2. The van der Waals surface area contributed by atoms with E-state index in [1.807, 2.05) is 0 Å². The maximum absolute atomic E-state index is 15.2. The smallest absolute Gasteiger partial charge is 0.284 e. The Morgan fingerprint density at radius 3 is 2.47 bits per heavy atom. The monoisotopic (exact) mass is 603 g/mol. The molecule has 2 aromatic carbocycles. The minimum atomic E-state index is -1.17. The van der Waals surface area contributed by atoms with E-state index in [2.05, 4.69) is 10.3 Å². The summed E-state index contributed by atoms with van der Waals surface area (Å²) < 4.78 is 24.6. The molecule has 0 saturated carbocycles. The quantitative estimate of drug-likeness (QED) is 0.251. The normalized spacial score (nSPS) is 11.5. The minimum Gasteiger partial charge on any atom is -0.453 e. The molecule has 0 aliphatic carbocycles. The molecule has 5 aromatic rings. The molecular formula is C31H30FN5O5S. The molecule has 2 amide bonds. The van der Waals surface area contributed by atoms with E-state index in [1.54, 1.807) is 82.0 Å². The third kappa shape index (κ3) is 6.06. The van der Waals surface area contributed by atoms with E-state index in [4.69, 9.17) is 4.74 Å². The summed E-state index contributed by atoms with van der Waals surface area (Å²) in [5.74, 6) is -1.42. The first-order valence-corrected chi connectivity index (χ1v) is 14.1. The van der Waals surface area contributed by atoms with Crippen LogP contribution < -0.4 is 15.6 Å². The van der Waals surface area contributed by atoms with Crippen molar-refractivity contribution in [2.75, 3.05) is 19.4 Å². The Bertz CT molecular complexity index is 1900. The summed E-state index contributed by atoms with van der Waals surface area (Å²) in [4.78, 5) is 45.5. The molecule has 10 nitrogen and oxygen atoms in total. The largest absolute Gasteiger partial charge is 0.453 e. The van der Waals surface area contributed by atoms with Crippen molar-refractivity contribution in [2.24, 2.45) is 0 Å². The molecule has 5 rings (SSSR count). The number of hydrogen-bond acceptors (Lipinski definition) is 7. The van der Waals surface area contributed by atoms with Gasteiger partial charge in [0.15, 0.2) is 11.6 Å². The van der Waals surface area contributed by atoms with Crippen molar-refractivity contribution in [3.8, 4) is 17.2 Å². The van der Waals surface area contributed by atoms with Crippen molar-refractivity contribution in [3.05, 3.63) is 99.2 Å². The first kappa shape index (κ1) is 29.7. The number of hydrogen-bond donors (Lipinski definition) is 2. The van der Waals surface area contributed by atoms with E-state index >= 15 is 4.39 Å². The summed E-state index contributed by atoms with van der Waals surface area (Å²) >= 11 is 1.19. The van der Waals surface area contributed by atoms with Crippen LogP contribution in [-0.2, 0) is 6.54 Å². The Hall–Kier alpha value is -4.81. The van der Waals surface area contributed by atoms with Crippen molar-refractivity contribution < 1.29 is 23.8 Å². The number of carbonyl (C=O) groups is 2. The van der Waals surface area contributed by atoms with E-state index in [-0.39, 0.29) is 29.5 Å². The number of halogens is 1. The fourth-order valence-electron chi connectivity index (χ4n) is 4.59. The molecule has 0 unspecified atom stereocenters. The first-order chi connectivity index (χ1) is 20.3. The number of aliphatic hydroxyl groups is 1. The molecule has 0 bridgehead atoms. The van der Waals surface area contributed by atoms with Gasteiger partial charge in [-0.15, -0.1) is 11.3 Å². The molecule has 222 valence electrons. The number of thiophene rings is 1. The number of nitrogens with one attached hydrogen (secondary N) is 1. The molecule has 0 fully saturated rings. The highest BCUT2D eigenvalue weighted by molar-refractivity contribution is 7.21. The van der Waals surface area contributed by atoms with Crippen molar-refractivity contribution in [2.45, 2.75) is 32.9 Å². The van der Waals surface area contributed by atoms with Crippen molar-refractivity contribution in [3.63, 3.8) is 0 Å². The van der Waals surface area contributed by atoms with Gasteiger partial charge in [0.05, 0.1) is 38.6 Å². The number of ether oxygens (including phenoxy) is 1. The number of nitrogens with zero attached hydrogens (tertiary/aromatic N) is 4. The van der Waals surface area contributed by atoms with Crippen LogP contribution in [-0.4, -0.2) is 55.9 Å². The molecule has 0 spiro atoms. The molecule has 0 aliphatic heterocycles.